The molecule has 0 atom stereocenters. The number of carbonyl (C=O) groups is 1. The molecule has 0 bridgehead atoms. The van der Waals surface area contributed by atoms with Gasteiger partial charge in [0.25, 0.3) is 15.9 Å². The lowest BCUT2D eigenvalue weighted by Gasteiger charge is -2.10. The van der Waals surface area contributed by atoms with E-state index in [2.05, 4.69) is 9.71 Å². The summed E-state index contributed by atoms with van der Waals surface area (Å²) in [7, 11) is -4.04. The minimum Gasteiger partial charge on any atom is -0.861 e. The zero-order valence-electron chi connectivity index (χ0n) is 14.1. The summed E-state index contributed by atoms with van der Waals surface area (Å²) in [6.45, 7) is 1.90. The Morgan fingerprint density at radius 2 is 1.73 bits per heavy atom. The largest absolute Gasteiger partial charge is 0.861 e. The van der Waals surface area contributed by atoms with Crippen LogP contribution in [0.4, 0.5) is 5.69 Å². The molecule has 0 saturated carbocycles. The normalized spacial score (nSPS) is 12.0. The Balaban J connectivity index is 2.10. The molecule has 0 unspecified atom stereocenters. The van der Waals surface area contributed by atoms with Crippen molar-refractivity contribution in [2.45, 2.75) is 31.1 Å². The molecule has 0 heterocycles. The van der Waals surface area contributed by atoms with Gasteiger partial charge in [0.2, 0.25) is 0 Å². The molecule has 0 aliphatic carbocycles. The van der Waals surface area contributed by atoms with Crippen LogP contribution in [-0.2, 0) is 10.0 Å². The summed E-state index contributed by atoms with van der Waals surface area (Å²) in [6, 6.07) is 11.8. The standard InChI is InChI=1S/C18H19ClN2O4S/c1-2-3-4-17(22)21-26(24,25)16-11-9-15(10-12-16)20-18(23)13-5-7-14(19)8-6-13/h5-12H,2-4H2,1H3,(H,20,23)(H,21,22)/p-1. The number of unbranched alkanes of at least 4 members (excludes halogenated alkanes) is 1. The third-order valence-corrected chi connectivity index (χ3v) is 5.05. The molecule has 0 radical (unpaired) electrons. The SMILES string of the molecule is CCCCC([O-])=NS(=O)(=O)c1ccc(NC(=O)c2ccc(Cl)cc2)cc1. The second kappa shape index (κ2) is 8.82. The van der Waals surface area contributed by atoms with Crippen LogP contribution in [0.3, 0.4) is 0 Å². The Morgan fingerprint density at radius 1 is 1.12 bits per heavy atom. The molecule has 0 aromatic heterocycles. The Labute approximate surface area is 157 Å². The summed E-state index contributed by atoms with van der Waals surface area (Å²) in [5.74, 6) is -1.01. The smallest absolute Gasteiger partial charge is 0.281 e. The number of anilines is 1. The number of amides is 1. The van der Waals surface area contributed by atoms with Crippen molar-refractivity contribution >= 4 is 39.1 Å². The van der Waals surface area contributed by atoms with E-state index in [1.54, 1.807) is 24.3 Å². The fourth-order valence-electron chi connectivity index (χ4n) is 2.08. The van der Waals surface area contributed by atoms with E-state index in [1.807, 2.05) is 6.92 Å². The summed E-state index contributed by atoms with van der Waals surface area (Å²) >= 11 is 5.78. The lowest BCUT2D eigenvalue weighted by atomic mass is 10.2. The molecular weight excluding hydrogens is 376 g/mol. The molecule has 1 amide bonds. The van der Waals surface area contributed by atoms with E-state index in [0.717, 1.165) is 6.42 Å². The third-order valence-electron chi connectivity index (χ3n) is 3.48. The maximum Gasteiger partial charge on any atom is 0.281 e. The maximum atomic E-state index is 12.1. The average Bonchev–Trinajstić information content (AvgIpc) is 2.60. The number of benzene rings is 2. The van der Waals surface area contributed by atoms with Crippen molar-refractivity contribution in [1.29, 1.82) is 0 Å². The second-order valence-corrected chi connectivity index (χ2v) is 7.59. The number of nitrogens with one attached hydrogen (secondary N) is 1. The lowest BCUT2D eigenvalue weighted by Crippen LogP contribution is -2.19. The van der Waals surface area contributed by atoms with Crippen molar-refractivity contribution in [1.82, 2.24) is 0 Å². The average molecular weight is 394 g/mol. The highest BCUT2D eigenvalue weighted by molar-refractivity contribution is 7.90. The number of carbonyl (C=O) groups excluding carboxylic acids is 1. The summed E-state index contributed by atoms with van der Waals surface area (Å²) in [5.41, 5.74) is 0.837. The van der Waals surface area contributed by atoms with Crippen LogP contribution < -0.4 is 10.4 Å². The Bertz CT molecular complexity index is 892. The summed E-state index contributed by atoms with van der Waals surface area (Å²) in [5, 5.41) is 14.7. The minimum atomic E-state index is -4.04. The van der Waals surface area contributed by atoms with Gasteiger partial charge in [-0.15, -0.1) is 0 Å². The van der Waals surface area contributed by atoms with Crippen molar-refractivity contribution < 1.29 is 18.3 Å². The number of hydrogen-bond donors (Lipinski definition) is 1. The first-order chi connectivity index (χ1) is 12.3. The highest BCUT2D eigenvalue weighted by atomic mass is 35.5. The van der Waals surface area contributed by atoms with E-state index in [-0.39, 0.29) is 17.2 Å². The van der Waals surface area contributed by atoms with E-state index in [0.29, 0.717) is 22.7 Å². The molecule has 2 rings (SSSR count). The zero-order valence-corrected chi connectivity index (χ0v) is 15.7. The lowest BCUT2D eigenvalue weighted by molar-refractivity contribution is -0.218. The Kier molecular flexibility index (Phi) is 6.76. The van der Waals surface area contributed by atoms with Gasteiger partial charge in [0, 0.05) is 16.3 Å². The van der Waals surface area contributed by atoms with Crippen LogP contribution in [0.5, 0.6) is 0 Å². The van der Waals surface area contributed by atoms with Crippen molar-refractivity contribution in [3.63, 3.8) is 0 Å². The summed E-state index contributed by atoms with van der Waals surface area (Å²) in [4.78, 5) is 12.0. The van der Waals surface area contributed by atoms with Crippen LogP contribution in [0.1, 0.15) is 36.5 Å². The van der Waals surface area contributed by atoms with Gasteiger partial charge in [0.15, 0.2) is 0 Å². The molecule has 2 aromatic carbocycles. The summed E-state index contributed by atoms with van der Waals surface area (Å²) < 4.78 is 27.5. The van der Waals surface area contributed by atoms with E-state index in [1.165, 1.54) is 24.3 Å². The van der Waals surface area contributed by atoms with E-state index in [9.17, 15) is 18.3 Å². The molecule has 6 nitrogen and oxygen atoms in total. The molecule has 2 aromatic rings. The topological polar surface area (TPSA) is 98.7 Å². The fraction of sp³-hybridized carbons (Fsp3) is 0.222. The van der Waals surface area contributed by atoms with E-state index >= 15 is 0 Å². The van der Waals surface area contributed by atoms with Gasteiger partial charge in [-0.05, 0) is 67.3 Å². The van der Waals surface area contributed by atoms with Gasteiger partial charge < -0.3 is 10.4 Å². The van der Waals surface area contributed by atoms with Gasteiger partial charge in [-0.2, -0.15) is 12.8 Å². The van der Waals surface area contributed by atoms with Crippen LogP contribution in [0, 0.1) is 0 Å². The molecule has 0 fully saturated rings. The highest BCUT2D eigenvalue weighted by Crippen LogP contribution is 2.18. The van der Waals surface area contributed by atoms with Crippen LogP contribution >= 0.6 is 11.6 Å². The van der Waals surface area contributed by atoms with Gasteiger partial charge in [-0.1, -0.05) is 24.9 Å². The van der Waals surface area contributed by atoms with E-state index < -0.39 is 15.9 Å². The van der Waals surface area contributed by atoms with Crippen molar-refractivity contribution in [3.8, 4) is 0 Å². The molecule has 8 heteroatoms. The van der Waals surface area contributed by atoms with Crippen molar-refractivity contribution in [2.75, 3.05) is 5.32 Å². The van der Waals surface area contributed by atoms with Gasteiger partial charge >= 0.3 is 0 Å². The first kappa shape index (κ1) is 19.9. The molecular formula is C18H18ClN2O4S-. The number of rotatable bonds is 7. The van der Waals surface area contributed by atoms with Gasteiger partial charge in [-0.25, -0.2) is 0 Å². The second-order valence-electron chi connectivity index (χ2n) is 5.55. The minimum absolute atomic E-state index is 0.102. The molecule has 26 heavy (non-hydrogen) atoms. The van der Waals surface area contributed by atoms with Crippen LogP contribution in [0.2, 0.25) is 5.02 Å². The van der Waals surface area contributed by atoms with Crippen molar-refractivity contribution in [3.05, 3.63) is 59.1 Å². The Hall–Kier alpha value is -2.38. The van der Waals surface area contributed by atoms with Crippen LogP contribution in [-0.4, -0.2) is 20.2 Å². The Morgan fingerprint density at radius 3 is 2.31 bits per heavy atom. The monoisotopic (exact) mass is 393 g/mol. The first-order valence-corrected chi connectivity index (χ1v) is 9.81. The van der Waals surface area contributed by atoms with Crippen molar-refractivity contribution in [2.24, 2.45) is 4.40 Å². The highest BCUT2D eigenvalue weighted by Gasteiger charge is 2.13. The number of sulfonamides is 1. The molecule has 0 aliphatic heterocycles. The third kappa shape index (κ3) is 5.57. The molecule has 138 valence electrons. The van der Waals surface area contributed by atoms with Crippen LogP contribution in [0.15, 0.2) is 57.8 Å². The molecule has 0 aliphatic rings. The zero-order chi connectivity index (χ0) is 19.2. The summed E-state index contributed by atoms with van der Waals surface area (Å²) in [6.07, 6.45) is 1.47. The maximum absolute atomic E-state index is 12.1. The predicted octanol–water partition coefficient (Wildman–Crippen LogP) is 3.23. The number of halogens is 1. The number of nitrogens with zero attached hydrogens (tertiary/aromatic N) is 1. The molecule has 1 N–H and O–H groups in total. The predicted molar refractivity (Wildman–Crippen MR) is 100.0 cm³/mol. The fourth-order valence-corrected chi connectivity index (χ4v) is 3.15. The van der Waals surface area contributed by atoms with Gasteiger partial charge in [0.05, 0.1) is 4.90 Å². The van der Waals surface area contributed by atoms with E-state index in [4.69, 9.17) is 11.6 Å². The van der Waals surface area contributed by atoms with Gasteiger partial charge in [0.1, 0.15) is 0 Å². The van der Waals surface area contributed by atoms with Crippen LogP contribution in [0.25, 0.3) is 0 Å². The number of hydrogen-bond acceptors (Lipinski definition) is 4. The first-order valence-electron chi connectivity index (χ1n) is 7.99. The van der Waals surface area contributed by atoms with Gasteiger partial charge in [-0.3, -0.25) is 4.79 Å². The molecule has 0 spiro atoms. The molecule has 0 saturated heterocycles. The quantitative estimate of drug-likeness (QED) is 0.576.